The van der Waals surface area contributed by atoms with Crippen molar-refractivity contribution in [3.05, 3.63) is 58.0 Å². The number of rotatable bonds is 3. The highest BCUT2D eigenvalue weighted by molar-refractivity contribution is 6.05. The molecule has 1 heterocycles. The number of carbonyl (C=O) groups is 2. The van der Waals surface area contributed by atoms with Gasteiger partial charge in [0.15, 0.2) is 5.43 Å². The molecule has 7 heteroatoms. The first-order valence-corrected chi connectivity index (χ1v) is 5.54. The van der Waals surface area contributed by atoms with Crippen LogP contribution in [0.5, 0.6) is 5.75 Å². The van der Waals surface area contributed by atoms with Gasteiger partial charge in [-0.1, -0.05) is 0 Å². The Hall–Kier alpha value is -3.09. The number of aromatic nitrogens is 1. The molecule has 0 unspecified atom stereocenters. The molecule has 102 valence electrons. The monoisotopic (exact) mass is 274 g/mol. The standard InChI is InChI=1S/C13H10N2O5/c16-10-3-4-14-6-8(10)12(18)15-9-5-7(13(19)20)1-2-11(9)17/h1-6,17H,(H,14,16)(H,15,18)(H,19,20). The summed E-state index contributed by atoms with van der Waals surface area (Å²) in [6.45, 7) is 0. The van der Waals surface area contributed by atoms with Crippen LogP contribution in [0.15, 0.2) is 41.5 Å². The number of amides is 1. The predicted octanol–water partition coefficient (Wildman–Crippen LogP) is 1.03. The molecular weight excluding hydrogens is 264 g/mol. The maximum atomic E-state index is 11.9. The van der Waals surface area contributed by atoms with Crippen LogP contribution >= 0.6 is 0 Å². The van der Waals surface area contributed by atoms with E-state index in [0.29, 0.717) is 0 Å². The molecule has 0 atom stereocenters. The Labute approximate surface area is 112 Å². The Kier molecular flexibility index (Phi) is 3.52. The topological polar surface area (TPSA) is 119 Å². The van der Waals surface area contributed by atoms with E-state index in [-0.39, 0.29) is 22.6 Å². The van der Waals surface area contributed by atoms with Crippen molar-refractivity contribution in [1.29, 1.82) is 0 Å². The van der Waals surface area contributed by atoms with Crippen molar-refractivity contribution in [2.75, 3.05) is 5.32 Å². The number of pyridine rings is 1. The zero-order valence-electron chi connectivity index (χ0n) is 10.1. The smallest absolute Gasteiger partial charge is 0.335 e. The molecule has 0 saturated carbocycles. The van der Waals surface area contributed by atoms with Crippen LogP contribution in [-0.4, -0.2) is 27.1 Å². The van der Waals surface area contributed by atoms with Crippen LogP contribution in [0.3, 0.4) is 0 Å². The number of carbonyl (C=O) groups excluding carboxylic acids is 1. The summed E-state index contributed by atoms with van der Waals surface area (Å²) in [6, 6.07) is 4.63. The number of carboxylic acids is 1. The van der Waals surface area contributed by atoms with Crippen molar-refractivity contribution in [1.82, 2.24) is 4.98 Å². The van der Waals surface area contributed by atoms with Gasteiger partial charge < -0.3 is 20.5 Å². The van der Waals surface area contributed by atoms with Gasteiger partial charge in [-0.25, -0.2) is 4.79 Å². The number of aromatic amines is 1. The zero-order chi connectivity index (χ0) is 14.7. The molecule has 4 N–H and O–H groups in total. The van der Waals surface area contributed by atoms with Crippen molar-refractivity contribution in [2.45, 2.75) is 0 Å². The first kappa shape index (κ1) is 13.3. The Morgan fingerprint density at radius 3 is 2.60 bits per heavy atom. The lowest BCUT2D eigenvalue weighted by molar-refractivity contribution is 0.0696. The van der Waals surface area contributed by atoms with Crippen LogP contribution < -0.4 is 10.7 Å². The van der Waals surface area contributed by atoms with Gasteiger partial charge in [-0.05, 0) is 18.2 Å². The lowest BCUT2D eigenvalue weighted by Gasteiger charge is -2.07. The summed E-state index contributed by atoms with van der Waals surface area (Å²) in [5, 5.41) is 20.7. The lowest BCUT2D eigenvalue weighted by Crippen LogP contribution is -2.21. The number of hydrogen-bond donors (Lipinski definition) is 4. The average molecular weight is 274 g/mol. The highest BCUT2D eigenvalue weighted by atomic mass is 16.4. The molecule has 1 aromatic heterocycles. The number of phenols is 1. The number of aromatic carboxylic acids is 1. The number of benzene rings is 1. The Balaban J connectivity index is 2.33. The van der Waals surface area contributed by atoms with Crippen LogP contribution in [0.25, 0.3) is 0 Å². The van der Waals surface area contributed by atoms with E-state index in [4.69, 9.17) is 5.11 Å². The Morgan fingerprint density at radius 1 is 1.20 bits per heavy atom. The Bertz CT molecular complexity index is 736. The molecule has 0 aliphatic carbocycles. The second kappa shape index (κ2) is 5.27. The molecule has 2 aromatic rings. The van der Waals surface area contributed by atoms with Crippen molar-refractivity contribution in [3.8, 4) is 5.75 Å². The van der Waals surface area contributed by atoms with Gasteiger partial charge in [0.25, 0.3) is 5.91 Å². The van der Waals surface area contributed by atoms with Crippen LogP contribution in [0.2, 0.25) is 0 Å². The third-order valence-corrected chi connectivity index (χ3v) is 2.56. The van der Waals surface area contributed by atoms with Crippen molar-refractivity contribution in [2.24, 2.45) is 0 Å². The molecule has 0 radical (unpaired) electrons. The van der Waals surface area contributed by atoms with Gasteiger partial charge in [-0.15, -0.1) is 0 Å². The molecule has 0 aliphatic rings. The fourth-order valence-corrected chi connectivity index (χ4v) is 1.55. The van der Waals surface area contributed by atoms with Crippen LogP contribution in [0.1, 0.15) is 20.7 Å². The van der Waals surface area contributed by atoms with E-state index in [9.17, 15) is 19.5 Å². The molecular formula is C13H10N2O5. The summed E-state index contributed by atoms with van der Waals surface area (Å²) < 4.78 is 0. The molecule has 1 amide bonds. The first-order valence-electron chi connectivity index (χ1n) is 5.54. The zero-order valence-corrected chi connectivity index (χ0v) is 10.1. The van der Waals surface area contributed by atoms with E-state index < -0.39 is 17.3 Å². The van der Waals surface area contributed by atoms with E-state index in [1.165, 1.54) is 24.5 Å². The van der Waals surface area contributed by atoms with E-state index in [2.05, 4.69) is 10.3 Å². The maximum absolute atomic E-state index is 11.9. The molecule has 0 saturated heterocycles. The summed E-state index contributed by atoms with van der Waals surface area (Å²) >= 11 is 0. The summed E-state index contributed by atoms with van der Waals surface area (Å²) in [6.07, 6.45) is 2.59. The molecule has 0 fully saturated rings. The molecule has 1 aromatic carbocycles. The molecule has 0 bridgehead atoms. The fraction of sp³-hybridized carbons (Fsp3) is 0. The Morgan fingerprint density at radius 2 is 1.95 bits per heavy atom. The summed E-state index contributed by atoms with van der Waals surface area (Å²) in [7, 11) is 0. The SMILES string of the molecule is O=C(O)c1ccc(O)c(NC(=O)c2c[nH]ccc2=O)c1. The van der Waals surface area contributed by atoms with Gasteiger partial charge in [0.1, 0.15) is 11.3 Å². The third-order valence-electron chi connectivity index (χ3n) is 2.56. The number of hydrogen-bond acceptors (Lipinski definition) is 4. The van der Waals surface area contributed by atoms with Crippen LogP contribution in [-0.2, 0) is 0 Å². The molecule has 20 heavy (non-hydrogen) atoms. The van der Waals surface area contributed by atoms with Gasteiger partial charge >= 0.3 is 5.97 Å². The quantitative estimate of drug-likeness (QED) is 0.623. The van der Waals surface area contributed by atoms with E-state index in [1.54, 1.807) is 0 Å². The van der Waals surface area contributed by atoms with E-state index in [0.717, 1.165) is 12.1 Å². The number of aromatic hydroxyl groups is 1. The number of nitrogens with one attached hydrogen (secondary N) is 2. The highest BCUT2D eigenvalue weighted by Crippen LogP contribution is 2.24. The van der Waals surface area contributed by atoms with Crippen LogP contribution in [0.4, 0.5) is 5.69 Å². The van der Waals surface area contributed by atoms with Crippen molar-refractivity contribution in [3.63, 3.8) is 0 Å². The third kappa shape index (κ3) is 2.66. The average Bonchev–Trinajstić information content (AvgIpc) is 2.41. The molecule has 2 rings (SSSR count). The minimum absolute atomic E-state index is 0.0850. The maximum Gasteiger partial charge on any atom is 0.335 e. The minimum atomic E-state index is -1.20. The van der Waals surface area contributed by atoms with E-state index in [1.807, 2.05) is 0 Å². The second-order valence-corrected chi connectivity index (χ2v) is 3.91. The van der Waals surface area contributed by atoms with E-state index >= 15 is 0 Å². The summed E-state index contributed by atoms with van der Waals surface area (Å²) in [5.74, 6) is -2.24. The van der Waals surface area contributed by atoms with Gasteiger partial charge in [0.05, 0.1) is 11.3 Å². The number of H-pyrrole nitrogens is 1. The minimum Gasteiger partial charge on any atom is -0.506 e. The van der Waals surface area contributed by atoms with Crippen molar-refractivity contribution >= 4 is 17.6 Å². The van der Waals surface area contributed by atoms with Crippen molar-refractivity contribution < 1.29 is 19.8 Å². The fourth-order valence-electron chi connectivity index (χ4n) is 1.55. The summed E-state index contributed by atoms with van der Waals surface area (Å²) in [4.78, 5) is 36.8. The number of anilines is 1. The normalized spacial score (nSPS) is 10.0. The first-order chi connectivity index (χ1) is 9.49. The predicted molar refractivity (Wildman–Crippen MR) is 70.1 cm³/mol. The lowest BCUT2D eigenvalue weighted by atomic mass is 10.1. The number of carboxylic acid groups (broad SMARTS) is 1. The molecule has 0 spiro atoms. The second-order valence-electron chi connectivity index (χ2n) is 3.91. The van der Waals surface area contributed by atoms with Crippen LogP contribution in [0, 0.1) is 0 Å². The highest BCUT2D eigenvalue weighted by Gasteiger charge is 2.13. The summed E-state index contributed by atoms with van der Waals surface area (Å²) in [5.41, 5.74) is -0.819. The number of phenolic OH excluding ortho intramolecular Hbond substituents is 1. The van der Waals surface area contributed by atoms with Gasteiger partial charge in [0, 0.05) is 18.5 Å². The largest absolute Gasteiger partial charge is 0.506 e. The van der Waals surface area contributed by atoms with Gasteiger partial charge in [0.2, 0.25) is 0 Å². The van der Waals surface area contributed by atoms with Gasteiger partial charge in [-0.3, -0.25) is 9.59 Å². The molecule has 7 nitrogen and oxygen atoms in total. The van der Waals surface area contributed by atoms with Gasteiger partial charge in [-0.2, -0.15) is 0 Å². The molecule has 0 aliphatic heterocycles.